The zero-order chi connectivity index (χ0) is 27.6. The van der Waals surface area contributed by atoms with E-state index in [1.165, 1.54) is 63.3 Å². The van der Waals surface area contributed by atoms with E-state index in [1.54, 1.807) is 17.7 Å². The molecule has 9 aromatic rings. The first kappa shape index (κ1) is 23.8. The van der Waals surface area contributed by atoms with Crippen LogP contribution in [0.15, 0.2) is 134 Å². The lowest BCUT2D eigenvalue weighted by Crippen LogP contribution is -1.87. The van der Waals surface area contributed by atoms with Crippen LogP contribution in [0.3, 0.4) is 0 Å². The number of thiophene rings is 2. The van der Waals surface area contributed by atoms with Gasteiger partial charge in [-0.1, -0.05) is 103 Å². The lowest BCUT2D eigenvalue weighted by molar-refractivity contribution is 1.24. The van der Waals surface area contributed by atoms with Crippen molar-refractivity contribution in [1.82, 2.24) is 9.97 Å². The van der Waals surface area contributed by atoms with E-state index in [0.29, 0.717) is 0 Å². The van der Waals surface area contributed by atoms with Gasteiger partial charge in [-0.05, 0) is 57.3 Å². The summed E-state index contributed by atoms with van der Waals surface area (Å²) >= 11 is 3.64. The molecule has 4 heteroatoms. The Hall–Kier alpha value is -4.90. The molecule has 0 fully saturated rings. The molecule has 0 amide bonds. The fourth-order valence-corrected chi connectivity index (χ4v) is 8.62. The van der Waals surface area contributed by atoms with Crippen LogP contribution in [0, 0.1) is 0 Å². The van der Waals surface area contributed by atoms with Gasteiger partial charge in [0.05, 0.1) is 15.9 Å². The second-order valence-electron chi connectivity index (χ2n) is 10.6. The molecule has 0 bridgehead atoms. The summed E-state index contributed by atoms with van der Waals surface area (Å²) in [7, 11) is 0. The summed E-state index contributed by atoms with van der Waals surface area (Å²) in [5.41, 5.74) is 8.02. The van der Waals surface area contributed by atoms with Gasteiger partial charge in [0.1, 0.15) is 6.33 Å². The molecule has 3 aromatic heterocycles. The second-order valence-corrected chi connectivity index (χ2v) is 12.7. The van der Waals surface area contributed by atoms with E-state index in [-0.39, 0.29) is 0 Å². The van der Waals surface area contributed by atoms with Gasteiger partial charge in [-0.25, -0.2) is 9.97 Å². The summed E-state index contributed by atoms with van der Waals surface area (Å²) in [6, 6.07) is 46.0. The Morgan fingerprint density at radius 2 is 1.12 bits per heavy atom. The third kappa shape index (κ3) is 3.63. The van der Waals surface area contributed by atoms with Crippen molar-refractivity contribution >= 4 is 73.9 Å². The van der Waals surface area contributed by atoms with Crippen LogP contribution in [0.5, 0.6) is 0 Å². The van der Waals surface area contributed by atoms with Crippen LogP contribution in [0.25, 0.3) is 84.8 Å². The van der Waals surface area contributed by atoms with Gasteiger partial charge in [0.15, 0.2) is 0 Å². The third-order valence-electron chi connectivity index (χ3n) is 8.20. The van der Waals surface area contributed by atoms with Crippen LogP contribution in [-0.2, 0) is 0 Å². The molecular weight excluding hydrogens is 549 g/mol. The topological polar surface area (TPSA) is 25.8 Å². The molecule has 0 N–H and O–H groups in total. The average molecular weight is 571 g/mol. The standard InChI is InChI=1S/C38H22N2S2/c1-2-12-27-23(8-1)9-6-14-28(27)25-18-19-34-32(21-25)36-38(42-34)35(39-22-40-36)26-11-5-10-24(20-26)29-15-7-16-31-30-13-3-4-17-33(30)41-37(29)31/h1-22H. The van der Waals surface area contributed by atoms with E-state index < -0.39 is 0 Å². The Kier molecular flexibility index (Phi) is 5.27. The highest BCUT2D eigenvalue weighted by molar-refractivity contribution is 7.26. The van der Waals surface area contributed by atoms with E-state index in [2.05, 4.69) is 127 Å². The molecule has 3 heterocycles. The molecule has 0 spiro atoms. The minimum Gasteiger partial charge on any atom is -0.235 e. The van der Waals surface area contributed by atoms with Gasteiger partial charge in [-0.2, -0.15) is 0 Å². The molecule has 2 nitrogen and oxygen atoms in total. The van der Waals surface area contributed by atoms with Gasteiger partial charge in [-0.3, -0.25) is 0 Å². The summed E-state index contributed by atoms with van der Waals surface area (Å²) in [6.45, 7) is 0. The highest BCUT2D eigenvalue weighted by atomic mass is 32.1. The van der Waals surface area contributed by atoms with Crippen molar-refractivity contribution in [3.8, 4) is 33.5 Å². The number of benzene rings is 6. The molecule has 0 aliphatic rings. The normalized spacial score (nSPS) is 11.8. The summed E-state index contributed by atoms with van der Waals surface area (Å²) in [5.74, 6) is 0. The number of rotatable bonds is 3. The van der Waals surface area contributed by atoms with E-state index in [4.69, 9.17) is 9.97 Å². The predicted octanol–water partition coefficient (Wildman–Crippen LogP) is 11.4. The molecule has 9 rings (SSSR count). The Bertz CT molecular complexity index is 2480. The van der Waals surface area contributed by atoms with Crippen molar-refractivity contribution in [3.63, 3.8) is 0 Å². The van der Waals surface area contributed by atoms with Crippen LogP contribution in [0.2, 0.25) is 0 Å². The maximum atomic E-state index is 4.83. The molecule has 0 unspecified atom stereocenters. The van der Waals surface area contributed by atoms with Crippen molar-refractivity contribution in [2.75, 3.05) is 0 Å². The summed E-state index contributed by atoms with van der Waals surface area (Å²) in [6.07, 6.45) is 1.72. The van der Waals surface area contributed by atoms with Crippen LogP contribution in [0.4, 0.5) is 0 Å². The van der Waals surface area contributed by atoms with E-state index in [9.17, 15) is 0 Å². The SMILES string of the molecule is c1cc(-c2cccc3c2sc2ccccc23)cc(-c2ncnc3c2sc2ccc(-c4cccc5ccccc45)cc23)c1. The maximum absolute atomic E-state index is 4.83. The number of nitrogens with zero attached hydrogens (tertiary/aromatic N) is 2. The molecule has 0 aliphatic carbocycles. The highest BCUT2D eigenvalue weighted by Crippen LogP contribution is 2.43. The second kappa shape index (κ2) is 9.31. The molecule has 0 saturated carbocycles. The lowest BCUT2D eigenvalue weighted by atomic mass is 9.97. The number of fused-ring (bicyclic) bond motifs is 7. The van der Waals surface area contributed by atoms with Gasteiger partial charge in [0.2, 0.25) is 0 Å². The van der Waals surface area contributed by atoms with Crippen molar-refractivity contribution in [3.05, 3.63) is 134 Å². The van der Waals surface area contributed by atoms with Crippen molar-refractivity contribution in [2.24, 2.45) is 0 Å². The lowest BCUT2D eigenvalue weighted by Gasteiger charge is -2.08. The molecule has 0 atom stereocenters. The minimum absolute atomic E-state index is 0.985. The summed E-state index contributed by atoms with van der Waals surface area (Å²) in [5, 5.41) is 6.33. The van der Waals surface area contributed by atoms with E-state index in [1.807, 2.05) is 11.3 Å². The monoisotopic (exact) mass is 570 g/mol. The molecule has 0 aliphatic heterocycles. The Morgan fingerprint density at radius 1 is 0.429 bits per heavy atom. The van der Waals surface area contributed by atoms with Crippen molar-refractivity contribution in [2.45, 2.75) is 0 Å². The Labute approximate surface area is 250 Å². The van der Waals surface area contributed by atoms with E-state index in [0.717, 1.165) is 21.5 Å². The molecule has 42 heavy (non-hydrogen) atoms. The Morgan fingerprint density at radius 3 is 2.10 bits per heavy atom. The van der Waals surface area contributed by atoms with Gasteiger partial charge in [0, 0.05) is 35.8 Å². The van der Waals surface area contributed by atoms with Gasteiger partial charge >= 0.3 is 0 Å². The molecule has 196 valence electrons. The largest absolute Gasteiger partial charge is 0.235 e. The Balaban J connectivity index is 1.20. The first-order valence-electron chi connectivity index (χ1n) is 14.0. The highest BCUT2D eigenvalue weighted by Gasteiger charge is 2.16. The molecule has 6 aromatic carbocycles. The molecular formula is C38H22N2S2. The fourth-order valence-electron chi connectivity index (χ4n) is 6.24. The third-order valence-corrected chi connectivity index (χ3v) is 10.6. The number of hydrogen-bond acceptors (Lipinski definition) is 4. The number of hydrogen-bond donors (Lipinski definition) is 0. The molecule has 0 saturated heterocycles. The first-order chi connectivity index (χ1) is 20.8. The predicted molar refractivity (Wildman–Crippen MR) is 182 cm³/mol. The zero-order valence-electron chi connectivity index (χ0n) is 22.4. The minimum atomic E-state index is 0.985. The summed E-state index contributed by atoms with van der Waals surface area (Å²) < 4.78 is 5.00. The molecule has 0 radical (unpaired) electrons. The van der Waals surface area contributed by atoms with Crippen molar-refractivity contribution in [1.29, 1.82) is 0 Å². The number of aromatic nitrogens is 2. The van der Waals surface area contributed by atoms with Crippen LogP contribution < -0.4 is 0 Å². The van der Waals surface area contributed by atoms with Crippen molar-refractivity contribution < 1.29 is 0 Å². The zero-order valence-corrected chi connectivity index (χ0v) is 24.0. The van der Waals surface area contributed by atoms with Gasteiger partial charge < -0.3 is 0 Å². The van der Waals surface area contributed by atoms with Crippen LogP contribution in [-0.4, -0.2) is 9.97 Å². The van der Waals surface area contributed by atoms with Gasteiger partial charge in [0.25, 0.3) is 0 Å². The summed E-state index contributed by atoms with van der Waals surface area (Å²) in [4.78, 5) is 9.63. The van der Waals surface area contributed by atoms with Crippen LogP contribution >= 0.6 is 22.7 Å². The fraction of sp³-hybridized carbons (Fsp3) is 0. The average Bonchev–Trinajstić information content (AvgIpc) is 3.63. The van der Waals surface area contributed by atoms with Crippen LogP contribution in [0.1, 0.15) is 0 Å². The van der Waals surface area contributed by atoms with E-state index >= 15 is 0 Å². The van der Waals surface area contributed by atoms with Gasteiger partial charge in [-0.15, -0.1) is 22.7 Å². The smallest absolute Gasteiger partial charge is 0.116 e. The maximum Gasteiger partial charge on any atom is 0.116 e. The first-order valence-corrected chi connectivity index (χ1v) is 15.6. The quantitative estimate of drug-likeness (QED) is 0.211.